The highest BCUT2D eigenvalue weighted by atomic mass is 32.1. The number of aliphatic hydroxyl groups excluding tert-OH is 1. The normalized spacial score (nSPS) is 18.2. The average molecular weight is 381 g/mol. The lowest BCUT2D eigenvalue weighted by Gasteiger charge is -2.27. The predicted molar refractivity (Wildman–Crippen MR) is 109 cm³/mol. The maximum absolute atomic E-state index is 13.3. The molecular weight excluding hydrogens is 356 g/mol. The van der Waals surface area contributed by atoms with Gasteiger partial charge in [0.25, 0.3) is 5.91 Å². The van der Waals surface area contributed by atoms with Gasteiger partial charge in [0.2, 0.25) is 0 Å². The first-order chi connectivity index (χ1) is 13.0. The number of likely N-dealkylation sites (tertiary alicyclic amines) is 1. The zero-order valence-corrected chi connectivity index (χ0v) is 16.5. The van der Waals surface area contributed by atoms with Crippen LogP contribution < -0.4 is 0 Å². The van der Waals surface area contributed by atoms with E-state index in [2.05, 4.69) is 4.98 Å². The van der Waals surface area contributed by atoms with Crippen LogP contribution in [0.15, 0.2) is 41.8 Å². The number of hydrogen-bond donors (Lipinski definition) is 1. The number of pyridine rings is 1. The molecule has 1 amide bonds. The third-order valence-electron chi connectivity index (χ3n) is 5.40. The Bertz CT molecular complexity index is 968. The summed E-state index contributed by atoms with van der Waals surface area (Å²) in [7, 11) is 0. The molecule has 0 radical (unpaired) electrons. The molecule has 2 atom stereocenters. The summed E-state index contributed by atoms with van der Waals surface area (Å²) in [5.74, 6) is 0.0309. The maximum atomic E-state index is 13.3. The highest BCUT2D eigenvalue weighted by molar-refractivity contribution is 7.10. The van der Waals surface area contributed by atoms with E-state index in [4.69, 9.17) is 0 Å². The molecule has 0 aliphatic carbocycles. The Balaban J connectivity index is 1.58. The van der Waals surface area contributed by atoms with Crippen molar-refractivity contribution in [2.24, 2.45) is 0 Å². The molecule has 4 nitrogen and oxygen atoms in total. The summed E-state index contributed by atoms with van der Waals surface area (Å²) < 4.78 is 0. The molecule has 1 N–H and O–H groups in total. The number of aromatic nitrogens is 1. The second kappa shape index (κ2) is 7.41. The zero-order valence-electron chi connectivity index (χ0n) is 15.7. The monoisotopic (exact) mass is 380 g/mol. The topological polar surface area (TPSA) is 53.4 Å². The van der Waals surface area contributed by atoms with Crippen molar-refractivity contribution in [2.45, 2.75) is 45.3 Å². The summed E-state index contributed by atoms with van der Waals surface area (Å²) in [4.78, 5) is 20.8. The molecule has 140 valence electrons. The van der Waals surface area contributed by atoms with Crippen LogP contribution in [0.25, 0.3) is 10.9 Å². The van der Waals surface area contributed by atoms with Gasteiger partial charge in [-0.15, -0.1) is 11.3 Å². The third-order valence-corrected chi connectivity index (χ3v) is 6.37. The lowest BCUT2D eigenvalue weighted by atomic mass is 10.0. The van der Waals surface area contributed by atoms with Crippen LogP contribution in [-0.2, 0) is 0 Å². The number of thiophene rings is 1. The lowest BCUT2D eigenvalue weighted by molar-refractivity contribution is 0.0669. The van der Waals surface area contributed by atoms with Crippen molar-refractivity contribution in [1.82, 2.24) is 9.88 Å². The Kier molecular flexibility index (Phi) is 4.98. The van der Waals surface area contributed by atoms with Crippen LogP contribution in [-0.4, -0.2) is 33.5 Å². The Morgan fingerprint density at radius 1 is 1.33 bits per heavy atom. The molecule has 27 heavy (non-hydrogen) atoms. The van der Waals surface area contributed by atoms with E-state index < -0.39 is 6.10 Å². The van der Waals surface area contributed by atoms with Crippen LogP contribution >= 0.6 is 11.3 Å². The number of fused-ring (bicyclic) bond motifs is 1. The number of nitrogens with zero attached hydrogens (tertiary/aromatic N) is 2. The predicted octanol–water partition coefficient (Wildman–Crippen LogP) is 4.64. The molecule has 2 unspecified atom stereocenters. The molecule has 1 aliphatic heterocycles. The molecule has 2 aromatic heterocycles. The van der Waals surface area contributed by atoms with Crippen LogP contribution in [0.2, 0.25) is 0 Å². The second-order valence-corrected chi connectivity index (χ2v) is 8.36. The fraction of sp³-hybridized carbons (Fsp3) is 0.364. The minimum absolute atomic E-state index is 0.0309. The van der Waals surface area contributed by atoms with Crippen LogP contribution in [0.3, 0.4) is 0 Å². The van der Waals surface area contributed by atoms with Crippen LogP contribution in [0, 0.1) is 13.8 Å². The SMILES string of the molecule is Cc1ccc2cc(C(=O)N3CCCC3CC(O)c3cccs3)c(C)nc2c1. The Morgan fingerprint density at radius 2 is 2.19 bits per heavy atom. The van der Waals surface area contributed by atoms with Gasteiger partial charge in [0.1, 0.15) is 0 Å². The molecule has 3 heterocycles. The van der Waals surface area contributed by atoms with Gasteiger partial charge in [0.15, 0.2) is 0 Å². The smallest absolute Gasteiger partial charge is 0.255 e. The number of aliphatic hydroxyl groups is 1. The van der Waals surface area contributed by atoms with Crippen molar-refractivity contribution < 1.29 is 9.90 Å². The molecule has 0 bridgehead atoms. The van der Waals surface area contributed by atoms with Crippen molar-refractivity contribution in [3.63, 3.8) is 0 Å². The summed E-state index contributed by atoms with van der Waals surface area (Å²) in [5, 5.41) is 13.5. The molecule has 1 saturated heterocycles. The van der Waals surface area contributed by atoms with Crippen LogP contribution in [0.4, 0.5) is 0 Å². The summed E-state index contributed by atoms with van der Waals surface area (Å²) in [6.07, 6.45) is 1.99. The number of carbonyl (C=O) groups excluding carboxylic acids is 1. The largest absolute Gasteiger partial charge is 0.387 e. The molecule has 3 aromatic rings. The van der Waals surface area contributed by atoms with Gasteiger partial charge < -0.3 is 10.0 Å². The van der Waals surface area contributed by atoms with Crippen LogP contribution in [0.5, 0.6) is 0 Å². The molecule has 1 aromatic carbocycles. The van der Waals surface area contributed by atoms with Crippen molar-refractivity contribution in [2.75, 3.05) is 6.54 Å². The molecule has 0 spiro atoms. The Labute approximate surface area is 163 Å². The number of amides is 1. The van der Waals surface area contributed by atoms with Gasteiger partial charge in [-0.25, -0.2) is 0 Å². The molecule has 1 aliphatic rings. The van der Waals surface area contributed by atoms with E-state index >= 15 is 0 Å². The molecular formula is C22H24N2O2S. The summed E-state index contributed by atoms with van der Waals surface area (Å²) >= 11 is 1.56. The first kappa shape index (κ1) is 18.1. The highest BCUT2D eigenvalue weighted by Crippen LogP contribution is 2.31. The fourth-order valence-corrected chi connectivity index (χ4v) is 4.67. The molecule has 4 rings (SSSR count). The van der Waals surface area contributed by atoms with Crippen molar-refractivity contribution >= 4 is 28.1 Å². The maximum Gasteiger partial charge on any atom is 0.255 e. The molecule has 5 heteroatoms. The number of carbonyl (C=O) groups is 1. The summed E-state index contributed by atoms with van der Waals surface area (Å²) in [5.41, 5.74) is 3.53. The van der Waals surface area contributed by atoms with E-state index in [0.717, 1.165) is 46.4 Å². The summed E-state index contributed by atoms with van der Waals surface area (Å²) in [6.45, 7) is 4.69. The average Bonchev–Trinajstić information content (AvgIpc) is 3.32. The van der Waals surface area contributed by atoms with Gasteiger partial charge in [-0.05, 0) is 62.3 Å². The van der Waals surface area contributed by atoms with Crippen molar-refractivity contribution in [3.05, 3.63) is 63.5 Å². The third kappa shape index (κ3) is 3.62. The summed E-state index contributed by atoms with van der Waals surface area (Å²) in [6, 6.07) is 12.1. The molecule has 1 fully saturated rings. The number of rotatable bonds is 4. The van der Waals surface area contributed by atoms with Crippen molar-refractivity contribution in [1.29, 1.82) is 0 Å². The number of benzene rings is 1. The first-order valence-electron chi connectivity index (χ1n) is 9.43. The van der Waals surface area contributed by atoms with E-state index in [1.165, 1.54) is 0 Å². The fourth-order valence-electron chi connectivity index (χ4n) is 3.95. The lowest BCUT2D eigenvalue weighted by Crippen LogP contribution is -2.37. The van der Waals surface area contributed by atoms with Gasteiger partial charge in [-0.1, -0.05) is 18.2 Å². The first-order valence-corrected chi connectivity index (χ1v) is 10.3. The minimum atomic E-state index is -0.512. The van der Waals surface area contributed by atoms with Gasteiger partial charge in [0.05, 0.1) is 22.9 Å². The van der Waals surface area contributed by atoms with Crippen molar-refractivity contribution in [3.8, 4) is 0 Å². The van der Waals surface area contributed by atoms with Gasteiger partial charge in [-0.2, -0.15) is 0 Å². The molecule has 0 saturated carbocycles. The van der Waals surface area contributed by atoms with Gasteiger partial charge in [-0.3, -0.25) is 9.78 Å². The second-order valence-electron chi connectivity index (χ2n) is 7.38. The van der Waals surface area contributed by atoms with Gasteiger partial charge >= 0.3 is 0 Å². The quantitative estimate of drug-likeness (QED) is 0.717. The zero-order chi connectivity index (χ0) is 19.0. The highest BCUT2D eigenvalue weighted by Gasteiger charge is 2.32. The standard InChI is InChI=1S/C22H24N2O2S/c1-14-7-8-16-12-18(15(2)23-19(16)11-14)22(26)24-9-3-5-17(24)13-20(25)21-6-4-10-27-21/h4,6-8,10-12,17,20,25H,3,5,9,13H2,1-2H3. The number of hydrogen-bond acceptors (Lipinski definition) is 4. The van der Waals surface area contributed by atoms with Crippen LogP contribution in [0.1, 0.15) is 51.9 Å². The minimum Gasteiger partial charge on any atom is -0.387 e. The Hall–Kier alpha value is -2.24. The van der Waals surface area contributed by atoms with E-state index in [0.29, 0.717) is 12.0 Å². The van der Waals surface area contributed by atoms with Gasteiger partial charge in [0, 0.05) is 22.8 Å². The van der Waals surface area contributed by atoms with E-state index in [1.54, 1.807) is 11.3 Å². The van der Waals surface area contributed by atoms with E-state index in [9.17, 15) is 9.90 Å². The number of aryl methyl sites for hydroxylation is 2. The Morgan fingerprint density at radius 3 is 2.96 bits per heavy atom. The van der Waals surface area contributed by atoms with E-state index in [-0.39, 0.29) is 11.9 Å². The van der Waals surface area contributed by atoms with E-state index in [1.807, 2.05) is 60.5 Å².